The van der Waals surface area contributed by atoms with Crippen molar-refractivity contribution < 1.29 is 4.74 Å². The summed E-state index contributed by atoms with van der Waals surface area (Å²) in [6.45, 7) is 4.30. The Morgan fingerprint density at radius 3 is 2.68 bits per heavy atom. The van der Waals surface area contributed by atoms with Gasteiger partial charge in [0.15, 0.2) is 0 Å². The lowest BCUT2D eigenvalue weighted by Gasteiger charge is -2.31. The second-order valence-electron chi connectivity index (χ2n) is 5.78. The summed E-state index contributed by atoms with van der Waals surface area (Å²) in [5.74, 6) is 2.25. The number of ether oxygens (including phenoxy) is 1. The monoisotopic (exact) mass is 300 g/mol. The van der Waals surface area contributed by atoms with Crippen LogP contribution in [0.4, 0.5) is 0 Å². The molecule has 0 saturated heterocycles. The van der Waals surface area contributed by atoms with Crippen LogP contribution in [0, 0.1) is 12.3 Å². The summed E-state index contributed by atoms with van der Waals surface area (Å²) in [5, 5.41) is 0. The van der Waals surface area contributed by atoms with Crippen molar-refractivity contribution in [2.45, 2.75) is 45.6 Å². The predicted octanol–water partition coefficient (Wildman–Crippen LogP) is 4.95. The van der Waals surface area contributed by atoms with E-state index >= 15 is 0 Å². The molecule has 2 rings (SSSR count). The Morgan fingerprint density at radius 1 is 1.32 bits per heavy atom. The first-order valence-electron chi connectivity index (χ1n) is 7.00. The molecule has 106 valence electrons. The van der Waals surface area contributed by atoms with Gasteiger partial charge in [0, 0.05) is 23.6 Å². The van der Waals surface area contributed by atoms with Crippen LogP contribution in [0.1, 0.15) is 37.3 Å². The lowest BCUT2D eigenvalue weighted by molar-refractivity contribution is 0.153. The fraction of sp³-hybridized carbons (Fsp3) is 0.625. The van der Waals surface area contributed by atoms with E-state index in [0.717, 1.165) is 31.4 Å². The zero-order valence-electron chi connectivity index (χ0n) is 11.7. The number of hydrogen-bond acceptors (Lipinski definition) is 1. The van der Waals surface area contributed by atoms with Gasteiger partial charge in [-0.25, -0.2) is 0 Å². The molecule has 3 heteroatoms. The van der Waals surface area contributed by atoms with Gasteiger partial charge < -0.3 is 4.74 Å². The van der Waals surface area contributed by atoms with Gasteiger partial charge in [0.25, 0.3) is 0 Å². The molecular weight excluding hydrogens is 279 g/mol. The zero-order chi connectivity index (χ0) is 13.9. The summed E-state index contributed by atoms with van der Waals surface area (Å²) >= 11 is 12.4. The molecule has 0 N–H and O–H groups in total. The van der Waals surface area contributed by atoms with Gasteiger partial charge in [-0.3, -0.25) is 0 Å². The largest absolute Gasteiger partial charge is 0.490 e. The van der Waals surface area contributed by atoms with E-state index in [1.54, 1.807) is 0 Å². The molecule has 0 aliphatic carbocycles. The maximum absolute atomic E-state index is 6.18. The van der Waals surface area contributed by atoms with Crippen molar-refractivity contribution in [3.05, 3.63) is 29.3 Å². The molecule has 1 aliphatic heterocycles. The Labute approximate surface area is 126 Å². The minimum Gasteiger partial charge on any atom is -0.490 e. The first-order valence-corrected chi connectivity index (χ1v) is 8.07. The van der Waals surface area contributed by atoms with Gasteiger partial charge in [0.1, 0.15) is 11.9 Å². The van der Waals surface area contributed by atoms with Gasteiger partial charge >= 0.3 is 0 Å². The molecule has 0 spiro atoms. The summed E-state index contributed by atoms with van der Waals surface area (Å²) in [6, 6.07) is 6.40. The van der Waals surface area contributed by atoms with E-state index in [1.807, 2.05) is 0 Å². The quantitative estimate of drug-likeness (QED) is 0.675. The van der Waals surface area contributed by atoms with Crippen molar-refractivity contribution in [1.29, 1.82) is 0 Å². The van der Waals surface area contributed by atoms with E-state index in [9.17, 15) is 0 Å². The van der Waals surface area contributed by atoms with E-state index in [1.165, 1.54) is 11.1 Å². The fourth-order valence-electron chi connectivity index (χ4n) is 2.96. The SMILES string of the molecule is CCCC(CCl)(CCl)CC1Cc2cc(C)ccc2O1. The molecule has 1 aromatic rings. The standard InChI is InChI=1S/C16H22Cl2O/c1-3-6-16(10-17,11-18)9-14-8-13-7-12(2)4-5-15(13)19-14/h4-5,7,14H,3,6,8-11H2,1-2H3. The first kappa shape index (κ1) is 15.0. The molecule has 0 radical (unpaired) electrons. The van der Waals surface area contributed by atoms with Gasteiger partial charge in [-0.2, -0.15) is 0 Å². The van der Waals surface area contributed by atoms with Crippen molar-refractivity contribution in [3.63, 3.8) is 0 Å². The van der Waals surface area contributed by atoms with Gasteiger partial charge in [-0.1, -0.05) is 31.0 Å². The molecule has 0 saturated carbocycles. The number of rotatable bonds is 6. The number of aryl methyl sites for hydroxylation is 1. The molecule has 1 unspecified atom stereocenters. The maximum Gasteiger partial charge on any atom is 0.123 e. The van der Waals surface area contributed by atoms with Crippen molar-refractivity contribution in [2.24, 2.45) is 5.41 Å². The van der Waals surface area contributed by atoms with Crippen LogP contribution in [0.15, 0.2) is 18.2 Å². The molecule has 1 atom stereocenters. The van der Waals surface area contributed by atoms with Crippen LogP contribution in [0.25, 0.3) is 0 Å². The van der Waals surface area contributed by atoms with Crippen LogP contribution < -0.4 is 4.74 Å². The van der Waals surface area contributed by atoms with Crippen molar-refractivity contribution in [3.8, 4) is 5.75 Å². The Hall–Kier alpha value is -0.400. The second-order valence-corrected chi connectivity index (χ2v) is 6.31. The van der Waals surface area contributed by atoms with Crippen LogP contribution >= 0.6 is 23.2 Å². The number of alkyl halides is 2. The minimum absolute atomic E-state index is 0.0135. The highest BCUT2D eigenvalue weighted by atomic mass is 35.5. The third-order valence-corrected chi connectivity index (χ3v) is 5.10. The van der Waals surface area contributed by atoms with Crippen LogP contribution in [-0.2, 0) is 6.42 Å². The van der Waals surface area contributed by atoms with Crippen molar-refractivity contribution in [1.82, 2.24) is 0 Å². The van der Waals surface area contributed by atoms with Gasteiger partial charge in [0.2, 0.25) is 0 Å². The van der Waals surface area contributed by atoms with Crippen LogP contribution in [-0.4, -0.2) is 17.9 Å². The average Bonchev–Trinajstić information content (AvgIpc) is 2.79. The topological polar surface area (TPSA) is 9.23 Å². The number of halogens is 2. The summed E-state index contributed by atoms with van der Waals surface area (Å²) in [7, 11) is 0. The highest BCUT2D eigenvalue weighted by Crippen LogP contribution is 2.38. The minimum atomic E-state index is 0.0135. The van der Waals surface area contributed by atoms with Gasteiger partial charge in [-0.15, -0.1) is 23.2 Å². The van der Waals surface area contributed by atoms with Gasteiger partial charge in [-0.05, 0) is 31.4 Å². The molecule has 1 aromatic carbocycles. The van der Waals surface area contributed by atoms with Crippen molar-refractivity contribution >= 4 is 23.2 Å². The van der Waals surface area contributed by atoms with E-state index in [4.69, 9.17) is 27.9 Å². The van der Waals surface area contributed by atoms with Crippen LogP contribution in [0.3, 0.4) is 0 Å². The molecule has 0 aromatic heterocycles. The third kappa shape index (κ3) is 3.38. The Bertz CT molecular complexity index is 427. The Morgan fingerprint density at radius 2 is 2.05 bits per heavy atom. The Balaban J connectivity index is 2.06. The molecule has 0 amide bonds. The summed E-state index contributed by atoms with van der Waals surface area (Å²) in [4.78, 5) is 0. The highest BCUT2D eigenvalue weighted by Gasteiger charge is 2.34. The summed E-state index contributed by atoms with van der Waals surface area (Å²) < 4.78 is 6.05. The van der Waals surface area contributed by atoms with E-state index < -0.39 is 0 Å². The number of hydrogen-bond donors (Lipinski definition) is 0. The number of fused-ring (bicyclic) bond motifs is 1. The highest BCUT2D eigenvalue weighted by molar-refractivity contribution is 6.21. The first-order chi connectivity index (χ1) is 9.12. The molecular formula is C16H22Cl2O. The fourth-order valence-corrected chi connectivity index (χ4v) is 3.73. The van der Waals surface area contributed by atoms with E-state index in [-0.39, 0.29) is 11.5 Å². The zero-order valence-corrected chi connectivity index (χ0v) is 13.2. The van der Waals surface area contributed by atoms with Gasteiger partial charge in [0.05, 0.1) is 0 Å². The molecule has 0 fully saturated rings. The smallest absolute Gasteiger partial charge is 0.123 e. The average molecular weight is 301 g/mol. The molecule has 19 heavy (non-hydrogen) atoms. The summed E-state index contributed by atoms with van der Waals surface area (Å²) in [6.07, 6.45) is 4.33. The summed E-state index contributed by atoms with van der Waals surface area (Å²) in [5.41, 5.74) is 2.62. The maximum atomic E-state index is 6.18. The van der Waals surface area contributed by atoms with Crippen molar-refractivity contribution in [2.75, 3.05) is 11.8 Å². The predicted molar refractivity (Wildman–Crippen MR) is 82.7 cm³/mol. The second kappa shape index (κ2) is 6.37. The van der Waals surface area contributed by atoms with E-state index in [0.29, 0.717) is 11.8 Å². The van der Waals surface area contributed by atoms with Crippen LogP contribution in [0.2, 0.25) is 0 Å². The number of benzene rings is 1. The molecule has 0 bridgehead atoms. The lowest BCUT2D eigenvalue weighted by Crippen LogP contribution is -2.32. The third-order valence-electron chi connectivity index (χ3n) is 3.97. The molecule has 1 heterocycles. The molecule has 1 nitrogen and oxygen atoms in total. The Kier molecular flexibility index (Phi) is 5.03. The lowest BCUT2D eigenvalue weighted by atomic mass is 9.81. The van der Waals surface area contributed by atoms with E-state index in [2.05, 4.69) is 32.0 Å². The molecule has 1 aliphatic rings. The normalized spacial score (nSPS) is 18.2. The van der Waals surface area contributed by atoms with Crippen LogP contribution in [0.5, 0.6) is 5.75 Å².